The Morgan fingerprint density at radius 1 is 1.11 bits per heavy atom. The molecule has 4 heteroatoms. The van der Waals surface area contributed by atoms with Crippen LogP contribution < -0.4 is 11.0 Å². The molecule has 0 saturated heterocycles. The number of hydrogen-bond acceptors (Lipinski definition) is 2. The summed E-state index contributed by atoms with van der Waals surface area (Å²) in [4.78, 5) is 16.8. The van der Waals surface area contributed by atoms with E-state index in [1.54, 1.807) is 0 Å². The second-order valence-electron chi connectivity index (χ2n) is 5.79. The van der Waals surface area contributed by atoms with E-state index in [1.807, 2.05) is 18.2 Å². The fourth-order valence-electron chi connectivity index (χ4n) is 2.99. The van der Waals surface area contributed by atoms with Gasteiger partial charge in [0.2, 0.25) is 0 Å². The Bertz CT molecular complexity index is 613. The summed E-state index contributed by atoms with van der Waals surface area (Å²) in [5, 5.41) is 3.61. The Morgan fingerprint density at radius 2 is 1.95 bits per heavy atom. The molecule has 1 fully saturated rings. The van der Waals surface area contributed by atoms with Gasteiger partial charge in [0.25, 0.3) is 0 Å². The molecular weight excluding hydrogens is 238 g/mol. The van der Waals surface area contributed by atoms with Gasteiger partial charge in [-0.25, -0.2) is 4.79 Å². The lowest BCUT2D eigenvalue weighted by Crippen LogP contribution is -2.18. The van der Waals surface area contributed by atoms with Gasteiger partial charge < -0.3 is 15.3 Å². The van der Waals surface area contributed by atoms with Crippen molar-refractivity contribution < 1.29 is 0 Å². The molecule has 0 bridgehead atoms. The molecule has 3 N–H and O–H groups in total. The van der Waals surface area contributed by atoms with E-state index in [-0.39, 0.29) is 5.69 Å². The number of benzene rings is 1. The SMILES string of the molecule is CC1CCCC(Nc2ccc3[nH]c(=O)[nH]c3c2)CC1. The highest BCUT2D eigenvalue weighted by Crippen LogP contribution is 2.25. The van der Waals surface area contributed by atoms with Crippen LogP contribution in [-0.2, 0) is 0 Å². The second kappa shape index (κ2) is 5.11. The van der Waals surface area contributed by atoms with Gasteiger partial charge in [0.05, 0.1) is 11.0 Å². The summed E-state index contributed by atoms with van der Waals surface area (Å²) in [6.07, 6.45) is 6.44. The standard InChI is InChI=1S/C15H21N3O/c1-10-3-2-4-11(6-5-10)16-12-7-8-13-14(9-12)18-15(19)17-13/h7-11,16H,2-6H2,1H3,(H2,17,18,19). The topological polar surface area (TPSA) is 60.7 Å². The number of anilines is 1. The van der Waals surface area contributed by atoms with Crippen LogP contribution in [0.4, 0.5) is 5.69 Å². The van der Waals surface area contributed by atoms with E-state index in [4.69, 9.17) is 0 Å². The van der Waals surface area contributed by atoms with Gasteiger partial charge >= 0.3 is 5.69 Å². The normalized spacial score (nSPS) is 24.3. The van der Waals surface area contributed by atoms with Crippen LogP contribution >= 0.6 is 0 Å². The van der Waals surface area contributed by atoms with Gasteiger partial charge in [-0.15, -0.1) is 0 Å². The molecule has 1 heterocycles. The minimum atomic E-state index is -0.143. The van der Waals surface area contributed by atoms with Crippen LogP contribution in [0.2, 0.25) is 0 Å². The number of nitrogens with one attached hydrogen (secondary N) is 3. The highest BCUT2D eigenvalue weighted by molar-refractivity contribution is 5.78. The maximum Gasteiger partial charge on any atom is 0.323 e. The third-order valence-corrected chi connectivity index (χ3v) is 4.14. The van der Waals surface area contributed by atoms with Crippen molar-refractivity contribution in [3.8, 4) is 0 Å². The Labute approximate surface area is 112 Å². The molecule has 1 aliphatic rings. The number of aromatic nitrogens is 2. The molecule has 1 saturated carbocycles. The van der Waals surface area contributed by atoms with E-state index in [2.05, 4.69) is 22.2 Å². The number of aromatic amines is 2. The van der Waals surface area contributed by atoms with Gasteiger partial charge in [0.1, 0.15) is 0 Å². The fourth-order valence-corrected chi connectivity index (χ4v) is 2.99. The van der Waals surface area contributed by atoms with E-state index in [9.17, 15) is 4.79 Å². The Hall–Kier alpha value is -1.71. The number of hydrogen-bond donors (Lipinski definition) is 3. The number of H-pyrrole nitrogens is 2. The van der Waals surface area contributed by atoms with Crippen molar-refractivity contribution in [1.82, 2.24) is 9.97 Å². The van der Waals surface area contributed by atoms with E-state index >= 15 is 0 Å². The molecule has 2 aromatic rings. The minimum absolute atomic E-state index is 0.143. The van der Waals surface area contributed by atoms with Gasteiger partial charge in [0, 0.05) is 11.7 Å². The molecule has 3 rings (SSSR count). The first-order valence-corrected chi connectivity index (χ1v) is 7.19. The van der Waals surface area contributed by atoms with Gasteiger partial charge in [-0.3, -0.25) is 0 Å². The Balaban J connectivity index is 1.75. The molecular formula is C15H21N3O. The zero-order chi connectivity index (χ0) is 13.2. The molecule has 1 aromatic carbocycles. The first kappa shape index (κ1) is 12.3. The predicted octanol–water partition coefficient (Wildman–Crippen LogP) is 3.24. The maximum atomic E-state index is 11.2. The summed E-state index contributed by atoms with van der Waals surface area (Å²) in [6.45, 7) is 2.35. The predicted molar refractivity (Wildman–Crippen MR) is 78.6 cm³/mol. The summed E-state index contributed by atoms with van der Waals surface area (Å²) in [5.41, 5.74) is 2.69. The summed E-state index contributed by atoms with van der Waals surface area (Å²) < 4.78 is 0. The van der Waals surface area contributed by atoms with Crippen molar-refractivity contribution in [1.29, 1.82) is 0 Å². The van der Waals surface area contributed by atoms with Crippen LogP contribution in [0.5, 0.6) is 0 Å². The average molecular weight is 259 g/mol. The zero-order valence-corrected chi connectivity index (χ0v) is 11.3. The number of fused-ring (bicyclic) bond motifs is 1. The third-order valence-electron chi connectivity index (χ3n) is 4.14. The fraction of sp³-hybridized carbons (Fsp3) is 0.533. The van der Waals surface area contributed by atoms with Crippen LogP contribution in [0, 0.1) is 5.92 Å². The van der Waals surface area contributed by atoms with Crippen molar-refractivity contribution in [3.63, 3.8) is 0 Å². The monoisotopic (exact) mass is 259 g/mol. The van der Waals surface area contributed by atoms with Crippen LogP contribution in [0.25, 0.3) is 11.0 Å². The van der Waals surface area contributed by atoms with E-state index in [0.29, 0.717) is 6.04 Å². The first-order chi connectivity index (χ1) is 9.20. The Kier molecular flexibility index (Phi) is 3.32. The Morgan fingerprint density at radius 3 is 2.84 bits per heavy atom. The van der Waals surface area contributed by atoms with Gasteiger partial charge in [-0.05, 0) is 43.4 Å². The lowest BCUT2D eigenvalue weighted by molar-refractivity contribution is 0.502. The van der Waals surface area contributed by atoms with Crippen LogP contribution in [0.1, 0.15) is 39.0 Å². The van der Waals surface area contributed by atoms with Gasteiger partial charge in [-0.2, -0.15) is 0 Å². The second-order valence-corrected chi connectivity index (χ2v) is 5.79. The molecule has 19 heavy (non-hydrogen) atoms. The van der Waals surface area contributed by atoms with Gasteiger partial charge in [0.15, 0.2) is 0 Å². The summed E-state index contributed by atoms with van der Waals surface area (Å²) in [7, 11) is 0. The maximum absolute atomic E-state index is 11.2. The molecule has 0 radical (unpaired) electrons. The molecule has 0 amide bonds. The van der Waals surface area contributed by atoms with Crippen LogP contribution in [-0.4, -0.2) is 16.0 Å². The zero-order valence-electron chi connectivity index (χ0n) is 11.3. The van der Waals surface area contributed by atoms with Crippen molar-refractivity contribution in [3.05, 3.63) is 28.7 Å². The molecule has 102 valence electrons. The molecule has 0 spiro atoms. The average Bonchev–Trinajstić information content (AvgIpc) is 2.62. The lowest BCUT2D eigenvalue weighted by atomic mass is 10.0. The van der Waals surface area contributed by atoms with E-state index < -0.39 is 0 Å². The first-order valence-electron chi connectivity index (χ1n) is 7.19. The summed E-state index contributed by atoms with van der Waals surface area (Å²) in [6, 6.07) is 6.57. The molecule has 2 atom stereocenters. The van der Waals surface area contributed by atoms with E-state index in [1.165, 1.54) is 32.1 Å². The third kappa shape index (κ3) is 2.83. The smallest absolute Gasteiger partial charge is 0.323 e. The molecule has 0 aliphatic heterocycles. The summed E-state index contributed by atoms with van der Waals surface area (Å²) in [5.74, 6) is 0.857. The number of imidazole rings is 1. The number of rotatable bonds is 2. The molecule has 1 aliphatic carbocycles. The van der Waals surface area contributed by atoms with Crippen molar-refractivity contribution in [2.45, 2.75) is 45.1 Å². The van der Waals surface area contributed by atoms with Gasteiger partial charge in [-0.1, -0.05) is 19.8 Å². The minimum Gasteiger partial charge on any atom is -0.382 e. The molecule has 2 unspecified atom stereocenters. The van der Waals surface area contributed by atoms with Crippen molar-refractivity contribution in [2.24, 2.45) is 5.92 Å². The quantitative estimate of drug-likeness (QED) is 0.725. The largest absolute Gasteiger partial charge is 0.382 e. The lowest BCUT2D eigenvalue weighted by Gasteiger charge is -2.17. The van der Waals surface area contributed by atoms with E-state index in [0.717, 1.165) is 22.6 Å². The highest BCUT2D eigenvalue weighted by Gasteiger charge is 2.16. The van der Waals surface area contributed by atoms with Crippen molar-refractivity contribution in [2.75, 3.05) is 5.32 Å². The van der Waals surface area contributed by atoms with Crippen molar-refractivity contribution >= 4 is 16.7 Å². The molecule has 1 aromatic heterocycles. The van der Waals surface area contributed by atoms with Crippen LogP contribution in [0.15, 0.2) is 23.0 Å². The summed E-state index contributed by atoms with van der Waals surface area (Å²) >= 11 is 0. The highest BCUT2D eigenvalue weighted by atomic mass is 16.1. The van der Waals surface area contributed by atoms with Crippen LogP contribution in [0.3, 0.4) is 0 Å². The molecule has 4 nitrogen and oxygen atoms in total.